The van der Waals surface area contributed by atoms with E-state index in [-0.39, 0.29) is 0 Å². The molecule has 0 aromatic carbocycles. The molecule has 0 bridgehead atoms. The number of pyridine rings is 1. The van der Waals surface area contributed by atoms with Gasteiger partial charge in [-0.2, -0.15) is 0 Å². The van der Waals surface area contributed by atoms with Crippen molar-refractivity contribution < 1.29 is 9.47 Å². The first-order valence-corrected chi connectivity index (χ1v) is 6.37. The van der Waals surface area contributed by atoms with Crippen molar-refractivity contribution in [1.82, 2.24) is 9.88 Å². The summed E-state index contributed by atoms with van der Waals surface area (Å²) in [7, 11) is 3.43. The topological polar surface area (TPSA) is 34.6 Å². The van der Waals surface area contributed by atoms with Crippen LogP contribution in [0.1, 0.15) is 12.5 Å². The SMILES string of the molecule is COCCN(Cc1ccnc(Cl)c1)C(C)COC. The summed E-state index contributed by atoms with van der Waals surface area (Å²) in [5.74, 6) is 0. The van der Waals surface area contributed by atoms with Gasteiger partial charge in [-0.3, -0.25) is 4.90 Å². The summed E-state index contributed by atoms with van der Waals surface area (Å²) in [4.78, 5) is 6.29. The Morgan fingerprint density at radius 1 is 1.39 bits per heavy atom. The van der Waals surface area contributed by atoms with Crippen LogP contribution in [-0.4, -0.2) is 49.9 Å². The first-order valence-electron chi connectivity index (χ1n) is 5.99. The Kier molecular flexibility index (Phi) is 7.20. The predicted molar refractivity (Wildman–Crippen MR) is 72.9 cm³/mol. The third-order valence-electron chi connectivity index (χ3n) is 2.79. The Morgan fingerprint density at radius 2 is 2.17 bits per heavy atom. The van der Waals surface area contributed by atoms with Crippen molar-refractivity contribution in [3.63, 3.8) is 0 Å². The Hall–Kier alpha value is -0.680. The minimum atomic E-state index is 0.331. The molecule has 1 aromatic rings. The number of ether oxygens (including phenoxy) is 2. The van der Waals surface area contributed by atoms with Gasteiger partial charge in [-0.25, -0.2) is 4.98 Å². The Bertz CT molecular complexity index is 350. The van der Waals surface area contributed by atoms with E-state index in [9.17, 15) is 0 Å². The van der Waals surface area contributed by atoms with Crippen LogP contribution >= 0.6 is 11.6 Å². The summed E-state index contributed by atoms with van der Waals surface area (Å²) >= 11 is 5.89. The zero-order valence-corrected chi connectivity index (χ0v) is 12.0. The smallest absolute Gasteiger partial charge is 0.129 e. The lowest BCUT2D eigenvalue weighted by Crippen LogP contribution is -2.38. The fourth-order valence-corrected chi connectivity index (χ4v) is 1.98. The van der Waals surface area contributed by atoms with Gasteiger partial charge in [0.1, 0.15) is 5.15 Å². The predicted octanol–water partition coefficient (Wildman–Crippen LogP) is 2.22. The van der Waals surface area contributed by atoms with Gasteiger partial charge in [0, 0.05) is 39.5 Å². The molecule has 1 atom stereocenters. The molecule has 5 heteroatoms. The number of hydrogen-bond donors (Lipinski definition) is 0. The molecule has 1 rings (SSSR count). The molecule has 0 aliphatic heterocycles. The quantitative estimate of drug-likeness (QED) is 0.680. The molecule has 0 saturated heterocycles. The van der Waals surface area contributed by atoms with Gasteiger partial charge in [-0.15, -0.1) is 0 Å². The largest absolute Gasteiger partial charge is 0.383 e. The van der Waals surface area contributed by atoms with Gasteiger partial charge in [-0.05, 0) is 24.6 Å². The lowest BCUT2D eigenvalue weighted by Gasteiger charge is -2.28. The summed E-state index contributed by atoms with van der Waals surface area (Å²) in [6.07, 6.45) is 1.73. The van der Waals surface area contributed by atoms with E-state index in [1.54, 1.807) is 20.4 Å². The molecule has 1 unspecified atom stereocenters. The average molecular weight is 273 g/mol. The maximum Gasteiger partial charge on any atom is 0.129 e. The van der Waals surface area contributed by atoms with Gasteiger partial charge in [0.2, 0.25) is 0 Å². The summed E-state index contributed by atoms with van der Waals surface area (Å²) in [5.41, 5.74) is 1.15. The van der Waals surface area contributed by atoms with E-state index in [0.717, 1.165) is 18.7 Å². The van der Waals surface area contributed by atoms with E-state index in [4.69, 9.17) is 21.1 Å². The molecule has 0 radical (unpaired) electrons. The highest BCUT2D eigenvalue weighted by atomic mass is 35.5. The maximum atomic E-state index is 5.89. The number of hydrogen-bond acceptors (Lipinski definition) is 4. The van der Waals surface area contributed by atoms with Crippen molar-refractivity contribution in [2.75, 3.05) is 34.0 Å². The van der Waals surface area contributed by atoms with Crippen LogP contribution in [0.25, 0.3) is 0 Å². The van der Waals surface area contributed by atoms with Gasteiger partial charge >= 0.3 is 0 Å². The molecule has 1 aromatic heterocycles. The summed E-state index contributed by atoms with van der Waals surface area (Å²) in [6, 6.07) is 4.20. The molecule has 0 aliphatic carbocycles. The van der Waals surface area contributed by atoms with Gasteiger partial charge in [0.15, 0.2) is 0 Å². The van der Waals surface area contributed by atoms with Crippen molar-refractivity contribution in [2.24, 2.45) is 0 Å². The molecule has 4 nitrogen and oxygen atoms in total. The van der Waals surface area contributed by atoms with Gasteiger partial charge < -0.3 is 9.47 Å². The van der Waals surface area contributed by atoms with Crippen LogP contribution in [0, 0.1) is 0 Å². The van der Waals surface area contributed by atoms with Gasteiger partial charge in [-0.1, -0.05) is 11.6 Å². The molecular weight excluding hydrogens is 252 g/mol. The van der Waals surface area contributed by atoms with E-state index < -0.39 is 0 Å². The summed E-state index contributed by atoms with van der Waals surface area (Å²) in [5, 5.41) is 0.526. The normalized spacial score (nSPS) is 12.9. The number of aromatic nitrogens is 1. The van der Waals surface area contributed by atoms with E-state index in [2.05, 4.69) is 16.8 Å². The van der Waals surface area contributed by atoms with Crippen LogP contribution in [-0.2, 0) is 16.0 Å². The number of methoxy groups -OCH3 is 2. The number of halogens is 1. The molecule has 0 fully saturated rings. The highest BCUT2D eigenvalue weighted by Crippen LogP contribution is 2.12. The number of rotatable bonds is 8. The second-order valence-electron chi connectivity index (χ2n) is 4.25. The van der Waals surface area contributed by atoms with Crippen LogP contribution in [0.3, 0.4) is 0 Å². The second kappa shape index (κ2) is 8.43. The van der Waals surface area contributed by atoms with Crippen LogP contribution in [0.4, 0.5) is 0 Å². The standard InChI is InChI=1S/C13H21ClN2O2/c1-11(10-18-3)16(6-7-17-2)9-12-4-5-15-13(14)8-12/h4-5,8,11H,6-7,9-10H2,1-3H3. The second-order valence-corrected chi connectivity index (χ2v) is 4.64. The zero-order valence-electron chi connectivity index (χ0n) is 11.2. The fourth-order valence-electron chi connectivity index (χ4n) is 1.79. The van der Waals surface area contributed by atoms with Gasteiger partial charge in [0.25, 0.3) is 0 Å². The first-order chi connectivity index (χ1) is 8.67. The molecule has 0 aliphatic rings. The average Bonchev–Trinajstić information content (AvgIpc) is 2.34. The molecule has 0 saturated carbocycles. The van der Waals surface area contributed by atoms with Crippen molar-refractivity contribution in [3.05, 3.63) is 29.0 Å². The molecule has 1 heterocycles. The summed E-state index contributed by atoms with van der Waals surface area (Å²) < 4.78 is 10.3. The minimum Gasteiger partial charge on any atom is -0.383 e. The van der Waals surface area contributed by atoms with E-state index in [1.165, 1.54) is 0 Å². The highest BCUT2D eigenvalue weighted by molar-refractivity contribution is 6.29. The molecule has 102 valence electrons. The van der Waals surface area contributed by atoms with Gasteiger partial charge in [0.05, 0.1) is 13.2 Å². The minimum absolute atomic E-state index is 0.331. The van der Waals surface area contributed by atoms with Crippen LogP contribution in [0.2, 0.25) is 5.15 Å². The highest BCUT2D eigenvalue weighted by Gasteiger charge is 2.14. The fraction of sp³-hybridized carbons (Fsp3) is 0.615. The van der Waals surface area contributed by atoms with Crippen LogP contribution in [0.15, 0.2) is 18.3 Å². The summed E-state index contributed by atoms with van der Waals surface area (Å²) in [6.45, 7) is 5.22. The molecule has 0 amide bonds. The Balaban J connectivity index is 2.64. The van der Waals surface area contributed by atoms with E-state index in [1.807, 2.05) is 12.1 Å². The van der Waals surface area contributed by atoms with E-state index >= 15 is 0 Å². The van der Waals surface area contributed by atoms with Crippen molar-refractivity contribution in [2.45, 2.75) is 19.5 Å². The lowest BCUT2D eigenvalue weighted by atomic mass is 10.2. The Morgan fingerprint density at radius 3 is 2.78 bits per heavy atom. The molecule has 0 N–H and O–H groups in total. The third kappa shape index (κ3) is 5.31. The van der Waals surface area contributed by atoms with Crippen LogP contribution in [0.5, 0.6) is 0 Å². The molecular formula is C13H21ClN2O2. The third-order valence-corrected chi connectivity index (χ3v) is 3.00. The van der Waals surface area contributed by atoms with Crippen molar-refractivity contribution in [3.8, 4) is 0 Å². The maximum absolute atomic E-state index is 5.89. The first kappa shape index (κ1) is 15.4. The monoisotopic (exact) mass is 272 g/mol. The molecule has 0 spiro atoms. The zero-order chi connectivity index (χ0) is 13.4. The van der Waals surface area contributed by atoms with Crippen molar-refractivity contribution in [1.29, 1.82) is 0 Å². The van der Waals surface area contributed by atoms with E-state index in [0.29, 0.717) is 24.4 Å². The number of nitrogens with zero attached hydrogens (tertiary/aromatic N) is 2. The van der Waals surface area contributed by atoms with Crippen molar-refractivity contribution >= 4 is 11.6 Å². The Labute approximate surface area is 114 Å². The molecule has 18 heavy (non-hydrogen) atoms. The lowest BCUT2D eigenvalue weighted by molar-refractivity contribution is 0.0705. The van der Waals surface area contributed by atoms with Crippen LogP contribution < -0.4 is 0 Å².